The van der Waals surface area contributed by atoms with Gasteiger partial charge in [-0.15, -0.1) is 11.3 Å². The monoisotopic (exact) mass is 331 g/mol. The predicted molar refractivity (Wildman–Crippen MR) is 79.2 cm³/mol. The van der Waals surface area contributed by atoms with Crippen LogP contribution >= 0.6 is 34.5 Å². The lowest BCUT2D eigenvalue weighted by atomic mass is 10.2. The number of benzene rings is 1. The highest BCUT2D eigenvalue weighted by Gasteiger charge is 2.17. The summed E-state index contributed by atoms with van der Waals surface area (Å²) in [5, 5.41) is 12.4. The molecular formula is C13H11Cl2NO3S. The zero-order valence-corrected chi connectivity index (χ0v) is 12.8. The summed E-state index contributed by atoms with van der Waals surface area (Å²) in [5.74, 6) is -1.04. The fraction of sp³-hybridized carbons (Fsp3) is 0.231. The second-order valence-corrected chi connectivity index (χ2v) is 5.73. The molecule has 0 aliphatic rings. The summed E-state index contributed by atoms with van der Waals surface area (Å²) in [6.07, 6.45) is 0.854. The van der Waals surface area contributed by atoms with Gasteiger partial charge in [0.2, 0.25) is 0 Å². The summed E-state index contributed by atoms with van der Waals surface area (Å²) in [5.41, 5.74) is 0.683. The third-order valence-electron chi connectivity index (χ3n) is 2.50. The molecule has 1 N–H and O–H groups in total. The second kappa shape index (κ2) is 6.43. The summed E-state index contributed by atoms with van der Waals surface area (Å²) < 4.78 is 5.50. The van der Waals surface area contributed by atoms with Crippen LogP contribution in [0.25, 0.3) is 0 Å². The predicted octanol–water partition coefficient (Wildman–Crippen LogP) is 4.29. The number of aromatic nitrogens is 1. The SMILES string of the molecule is CCc1nc(COc2c(Cl)cc(Cl)cc2C(=O)O)cs1. The Hall–Kier alpha value is -1.30. The van der Waals surface area contributed by atoms with Crippen LogP contribution in [-0.4, -0.2) is 16.1 Å². The van der Waals surface area contributed by atoms with Gasteiger partial charge in [0, 0.05) is 10.4 Å². The Morgan fingerprint density at radius 1 is 1.45 bits per heavy atom. The minimum atomic E-state index is -1.14. The molecule has 106 valence electrons. The Balaban J connectivity index is 2.22. The zero-order chi connectivity index (χ0) is 14.7. The van der Waals surface area contributed by atoms with Gasteiger partial charge in [-0.3, -0.25) is 0 Å². The van der Waals surface area contributed by atoms with Gasteiger partial charge < -0.3 is 9.84 Å². The van der Waals surface area contributed by atoms with Crippen molar-refractivity contribution in [3.05, 3.63) is 43.8 Å². The zero-order valence-electron chi connectivity index (χ0n) is 10.5. The summed E-state index contributed by atoms with van der Waals surface area (Å²) in [4.78, 5) is 15.5. The number of thiazole rings is 1. The molecule has 0 spiro atoms. The summed E-state index contributed by atoms with van der Waals surface area (Å²) in [6.45, 7) is 2.18. The molecular weight excluding hydrogens is 321 g/mol. The van der Waals surface area contributed by atoms with E-state index in [1.807, 2.05) is 12.3 Å². The number of rotatable bonds is 5. The van der Waals surface area contributed by atoms with E-state index < -0.39 is 5.97 Å². The maximum Gasteiger partial charge on any atom is 0.339 e. The van der Waals surface area contributed by atoms with Crippen LogP contribution in [0.3, 0.4) is 0 Å². The fourth-order valence-electron chi connectivity index (χ4n) is 1.59. The molecule has 4 nitrogen and oxygen atoms in total. The number of carbonyl (C=O) groups is 1. The third kappa shape index (κ3) is 3.42. The Kier molecular flexibility index (Phi) is 4.86. The van der Waals surface area contributed by atoms with Crippen LogP contribution in [0.15, 0.2) is 17.5 Å². The average molecular weight is 332 g/mol. The van der Waals surface area contributed by atoms with Crippen molar-refractivity contribution in [3.8, 4) is 5.75 Å². The molecule has 2 aromatic rings. The van der Waals surface area contributed by atoms with Crippen molar-refractivity contribution < 1.29 is 14.6 Å². The second-order valence-electron chi connectivity index (χ2n) is 3.94. The van der Waals surface area contributed by atoms with E-state index >= 15 is 0 Å². The van der Waals surface area contributed by atoms with E-state index in [0.29, 0.717) is 0 Å². The van der Waals surface area contributed by atoms with Crippen LogP contribution in [0.4, 0.5) is 0 Å². The molecule has 0 bridgehead atoms. The Bertz CT molecular complexity index is 643. The molecule has 0 unspecified atom stereocenters. The van der Waals surface area contributed by atoms with Crippen LogP contribution in [0, 0.1) is 0 Å². The summed E-state index contributed by atoms with van der Waals surface area (Å²) >= 11 is 13.3. The van der Waals surface area contributed by atoms with E-state index in [0.717, 1.165) is 17.1 Å². The van der Waals surface area contributed by atoms with E-state index in [1.165, 1.54) is 12.1 Å². The Morgan fingerprint density at radius 2 is 2.20 bits per heavy atom. The molecule has 7 heteroatoms. The van der Waals surface area contributed by atoms with Crippen molar-refractivity contribution in [2.45, 2.75) is 20.0 Å². The maximum atomic E-state index is 11.2. The molecule has 0 atom stereocenters. The van der Waals surface area contributed by atoms with Gasteiger partial charge in [0.15, 0.2) is 5.75 Å². The number of carboxylic acid groups (broad SMARTS) is 1. The first kappa shape index (κ1) is 15.1. The number of carboxylic acids is 1. The Labute approximate surface area is 129 Å². The first-order valence-corrected chi connectivity index (χ1v) is 7.43. The average Bonchev–Trinajstić information content (AvgIpc) is 2.84. The molecule has 0 saturated carbocycles. The quantitative estimate of drug-likeness (QED) is 0.887. The topological polar surface area (TPSA) is 59.4 Å². The minimum Gasteiger partial charge on any atom is -0.485 e. The van der Waals surface area contributed by atoms with Gasteiger partial charge in [-0.2, -0.15) is 0 Å². The number of aromatic carboxylic acids is 1. The molecule has 0 aliphatic carbocycles. The van der Waals surface area contributed by atoms with E-state index in [-0.39, 0.29) is 28.0 Å². The van der Waals surface area contributed by atoms with E-state index in [1.54, 1.807) is 11.3 Å². The van der Waals surface area contributed by atoms with Crippen LogP contribution in [0.1, 0.15) is 28.0 Å². The van der Waals surface area contributed by atoms with E-state index in [9.17, 15) is 4.79 Å². The highest BCUT2D eigenvalue weighted by Crippen LogP contribution is 2.33. The molecule has 0 aliphatic heterocycles. The van der Waals surface area contributed by atoms with Crippen molar-refractivity contribution >= 4 is 40.5 Å². The van der Waals surface area contributed by atoms with Crippen molar-refractivity contribution in [2.75, 3.05) is 0 Å². The third-order valence-corrected chi connectivity index (χ3v) is 4.05. The van der Waals surface area contributed by atoms with Crippen molar-refractivity contribution in [3.63, 3.8) is 0 Å². The van der Waals surface area contributed by atoms with Crippen LogP contribution in [0.2, 0.25) is 10.0 Å². The number of nitrogens with zero attached hydrogens (tertiary/aromatic N) is 1. The van der Waals surface area contributed by atoms with Crippen LogP contribution in [0.5, 0.6) is 5.75 Å². The molecule has 0 fully saturated rings. The van der Waals surface area contributed by atoms with Gasteiger partial charge >= 0.3 is 5.97 Å². The molecule has 0 radical (unpaired) electrons. The lowest BCUT2D eigenvalue weighted by Crippen LogP contribution is -2.04. The molecule has 2 rings (SSSR count). The first-order chi connectivity index (χ1) is 9.51. The van der Waals surface area contributed by atoms with Gasteiger partial charge in [0.1, 0.15) is 12.2 Å². The number of ether oxygens (including phenoxy) is 1. The normalized spacial score (nSPS) is 10.6. The number of hydrogen-bond acceptors (Lipinski definition) is 4. The highest BCUT2D eigenvalue weighted by atomic mass is 35.5. The summed E-state index contributed by atoms with van der Waals surface area (Å²) in [7, 11) is 0. The fourth-order valence-corrected chi connectivity index (χ4v) is 2.87. The smallest absolute Gasteiger partial charge is 0.339 e. The van der Waals surface area contributed by atoms with Gasteiger partial charge in [-0.05, 0) is 18.6 Å². The van der Waals surface area contributed by atoms with Gasteiger partial charge in [0.05, 0.1) is 15.7 Å². The van der Waals surface area contributed by atoms with Crippen molar-refractivity contribution in [1.29, 1.82) is 0 Å². The number of aryl methyl sites for hydroxylation is 1. The van der Waals surface area contributed by atoms with Gasteiger partial charge in [-0.25, -0.2) is 9.78 Å². The lowest BCUT2D eigenvalue weighted by Gasteiger charge is -2.10. The molecule has 0 saturated heterocycles. The summed E-state index contributed by atoms with van der Waals surface area (Å²) in [6, 6.07) is 2.76. The van der Waals surface area contributed by atoms with Crippen molar-refractivity contribution in [1.82, 2.24) is 4.98 Å². The maximum absolute atomic E-state index is 11.2. The molecule has 1 aromatic carbocycles. The first-order valence-electron chi connectivity index (χ1n) is 5.79. The standard InChI is InChI=1S/C13H11Cl2NO3S/c1-2-11-16-8(6-20-11)5-19-12-9(13(17)18)3-7(14)4-10(12)15/h3-4,6H,2,5H2,1H3,(H,17,18). The van der Waals surface area contributed by atoms with Gasteiger partial charge in [0.25, 0.3) is 0 Å². The lowest BCUT2D eigenvalue weighted by molar-refractivity contribution is 0.0691. The molecule has 20 heavy (non-hydrogen) atoms. The van der Waals surface area contributed by atoms with Gasteiger partial charge in [-0.1, -0.05) is 30.1 Å². The number of halogens is 2. The molecule has 1 heterocycles. The minimum absolute atomic E-state index is 0.0616. The highest BCUT2D eigenvalue weighted by molar-refractivity contribution is 7.09. The van der Waals surface area contributed by atoms with Crippen LogP contribution in [-0.2, 0) is 13.0 Å². The number of hydrogen-bond donors (Lipinski definition) is 1. The van der Waals surface area contributed by atoms with Crippen LogP contribution < -0.4 is 4.74 Å². The van der Waals surface area contributed by atoms with E-state index in [2.05, 4.69) is 4.98 Å². The Morgan fingerprint density at radius 3 is 2.80 bits per heavy atom. The molecule has 1 aromatic heterocycles. The molecule has 0 amide bonds. The van der Waals surface area contributed by atoms with Crippen molar-refractivity contribution in [2.24, 2.45) is 0 Å². The van der Waals surface area contributed by atoms with E-state index in [4.69, 9.17) is 33.0 Å². The largest absolute Gasteiger partial charge is 0.485 e.